The third kappa shape index (κ3) is 4.61. The molecule has 1 rings (SSSR count). The van der Waals surface area contributed by atoms with Crippen molar-refractivity contribution in [1.29, 1.82) is 5.41 Å². The first-order valence-corrected chi connectivity index (χ1v) is 4.54. The van der Waals surface area contributed by atoms with E-state index in [1.165, 1.54) is 12.2 Å². The second-order valence-corrected chi connectivity index (χ2v) is 3.02. The Kier molecular flexibility index (Phi) is 4.09. The predicted octanol–water partition coefficient (Wildman–Crippen LogP) is 1.04. The van der Waals surface area contributed by atoms with Gasteiger partial charge < -0.3 is 11.5 Å². The number of hydrogen-bond donors (Lipinski definition) is 3. The highest BCUT2D eigenvalue weighted by molar-refractivity contribution is 5.99. The lowest BCUT2D eigenvalue weighted by Gasteiger charge is -1.96. The molecule has 0 fully saturated rings. The number of aliphatic imine (C=N–C) groups is 1. The van der Waals surface area contributed by atoms with Gasteiger partial charge in [0.1, 0.15) is 11.7 Å². The van der Waals surface area contributed by atoms with Crippen LogP contribution in [0.25, 0.3) is 0 Å². The standard InChI is InChI=1S/C11H14N4/c12-10(13)6-7-11(14)15-8-9-4-2-1-3-5-9/h1-7H,8H2,(H3,12,13)(H2,14,15)/b7-6-. The number of benzene rings is 1. The Balaban J connectivity index is 2.55. The molecule has 15 heavy (non-hydrogen) atoms. The summed E-state index contributed by atoms with van der Waals surface area (Å²) in [4.78, 5) is 4.12. The molecule has 0 heterocycles. The maximum absolute atomic E-state index is 6.96. The summed E-state index contributed by atoms with van der Waals surface area (Å²) in [6, 6.07) is 9.81. The van der Waals surface area contributed by atoms with Gasteiger partial charge in [-0.2, -0.15) is 0 Å². The van der Waals surface area contributed by atoms with Crippen LogP contribution in [-0.2, 0) is 6.54 Å². The highest BCUT2D eigenvalue weighted by Gasteiger charge is 1.89. The second-order valence-electron chi connectivity index (χ2n) is 3.02. The summed E-state index contributed by atoms with van der Waals surface area (Å²) >= 11 is 0. The Morgan fingerprint density at radius 3 is 2.47 bits per heavy atom. The highest BCUT2D eigenvalue weighted by atomic mass is 14.8. The molecule has 0 amide bonds. The van der Waals surface area contributed by atoms with Gasteiger partial charge in [-0.25, -0.2) is 0 Å². The molecule has 0 aromatic heterocycles. The van der Waals surface area contributed by atoms with E-state index >= 15 is 0 Å². The Morgan fingerprint density at radius 1 is 1.20 bits per heavy atom. The monoisotopic (exact) mass is 202 g/mol. The molecule has 1 aromatic carbocycles. The van der Waals surface area contributed by atoms with Crippen LogP contribution in [0.15, 0.2) is 47.5 Å². The van der Waals surface area contributed by atoms with Gasteiger partial charge in [-0.3, -0.25) is 10.4 Å². The van der Waals surface area contributed by atoms with Gasteiger partial charge >= 0.3 is 0 Å². The molecule has 0 aliphatic rings. The van der Waals surface area contributed by atoms with E-state index in [4.69, 9.17) is 16.9 Å². The third-order valence-electron chi connectivity index (χ3n) is 1.72. The Labute approximate surface area is 88.8 Å². The molecule has 0 unspecified atom stereocenters. The van der Waals surface area contributed by atoms with Crippen molar-refractivity contribution in [2.75, 3.05) is 0 Å². The fourth-order valence-corrected chi connectivity index (χ4v) is 0.994. The van der Waals surface area contributed by atoms with Crippen LogP contribution < -0.4 is 11.5 Å². The Morgan fingerprint density at radius 2 is 1.87 bits per heavy atom. The molecule has 4 nitrogen and oxygen atoms in total. The van der Waals surface area contributed by atoms with Gasteiger partial charge in [0, 0.05) is 0 Å². The lowest BCUT2D eigenvalue weighted by molar-refractivity contribution is 1.06. The largest absolute Gasteiger partial charge is 0.384 e. The van der Waals surface area contributed by atoms with E-state index in [1.54, 1.807) is 0 Å². The van der Waals surface area contributed by atoms with E-state index in [2.05, 4.69) is 4.99 Å². The molecule has 0 saturated heterocycles. The fraction of sp³-hybridized carbons (Fsp3) is 0.0909. The predicted molar refractivity (Wildman–Crippen MR) is 62.8 cm³/mol. The lowest BCUT2D eigenvalue weighted by Crippen LogP contribution is -2.11. The van der Waals surface area contributed by atoms with Crippen molar-refractivity contribution in [2.45, 2.75) is 6.54 Å². The lowest BCUT2D eigenvalue weighted by atomic mass is 10.2. The van der Waals surface area contributed by atoms with Gasteiger partial charge in [-0.15, -0.1) is 0 Å². The average molecular weight is 202 g/mol. The van der Waals surface area contributed by atoms with Crippen LogP contribution in [0.4, 0.5) is 0 Å². The number of nitrogens with one attached hydrogen (secondary N) is 1. The van der Waals surface area contributed by atoms with Gasteiger partial charge in [0.2, 0.25) is 0 Å². The summed E-state index contributed by atoms with van der Waals surface area (Å²) in [7, 11) is 0. The first-order valence-electron chi connectivity index (χ1n) is 4.54. The highest BCUT2D eigenvalue weighted by Crippen LogP contribution is 1.99. The summed E-state index contributed by atoms with van der Waals surface area (Å²) in [5.41, 5.74) is 11.8. The number of hydrogen-bond acceptors (Lipinski definition) is 2. The minimum atomic E-state index is -0.0344. The molecule has 1 aromatic rings. The third-order valence-corrected chi connectivity index (χ3v) is 1.72. The van der Waals surface area contributed by atoms with Crippen molar-refractivity contribution in [1.82, 2.24) is 0 Å². The number of nitrogens with two attached hydrogens (primary N) is 2. The molecule has 0 spiro atoms. The minimum Gasteiger partial charge on any atom is -0.384 e. The van der Waals surface area contributed by atoms with Crippen LogP contribution in [0.5, 0.6) is 0 Å². The zero-order valence-electron chi connectivity index (χ0n) is 8.35. The van der Waals surface area contributed by atoms with Gasteiger partial charge in [-0.1, -0.05) is 30.3 Å². The maximum atomic E-state index is 6.96. The number of rotatable bonds is 4. The first kappa shape index (κ1) is 11.0. The quantitative estimate of drug-likeness (QED) is 0.503. The van der Waals surface area contributed by atoms with Crippen molar-refractivity contribution in [3.05, 3.63) is 48.0 Å². The van der Waals surface area contributed by atoms with Gasteiger partial charge in [0.05, 0.1) is 6.54 Å². The van der Waals surface area contributed by atoms with Gasteiger partial charge in [0.15, 0.2) is 0 Å². The van der Waals surface area contributed by atoms with Crippen LogP contribution >= 0.6 is 0 Å². The minimum absolute atomic E-state index is 0.0344. The molecule has 0 atom stereocenters. The Bertz CT molecular complexity index is 379. The SMILES string of the molecule is N=C(N)/C=C\C(N)=NCc1ccccc1. The van der Waals surface area contributed by atoms with Crippen molar-refractivity contribution in [3.8, 4) is 0 Å². The second kappa shape index (κ2) is 5.59. The summed E-state index contributed by atoms with van der Waals surface area (Å²) < 4.78 is 0. The molecule has 0 aliphatic carbocycles. The molecule has 78 valence electrons. The zero-order chi connectivity index (χ0) is 11.1. The van der Waals surface area contributed by atoms with Crippen molar-refractivity contribution < 1.29 is 0 Å². The molecule has 0 aliphatic heterocycles. The van der Waals surface area contributed by atoms with Crippen LogP contribution in [0.3, 0.4) is 0 Å². The molecule has 4 heteroatoms. The normalized spacial score (nSPS) is 11.9. The zero-order valence-corrected chi connectivity index (χ0v) is 8.35. The van der Waals surface area contributed by atoms with Crippen molar-refractivity contribution in [3.63, 3.8) is 0 Å². The van der Waals surface area contributed by atoms with Crippen LogP contribution in [-0.4, -0.2) is 11.7 Å². The summed E-state index contributed by atoms with van der Waals surface area (Å²) in [5, 5.41) is 6.96. The van der Waals surface area contributed by atoms with Crippen molar-refractivity contribution in [2.24, 2.45) is 16.5 Å². The van der Waals surface area contributed by atoms with E-state index < -0.39 is 0 Å². The molecule has 0 radical (unpaired) electrons. The van der Waals surface area contributed by atoms with Crippen LogP contribution in [0.1, 0.15) is 5.56 Å². The number of amidine groups is 2. The van der Waals surface area contributed by atoms with Gasteiger partial charge in [0.25, 0.3) is 0 Å². The van der Waals surface area contributed by atoms with E-state index in [0.717, 1.165) is 5.56 Å². The van der Waals surface area contributed by atoms with Crippen LogP contribution in [0, 0.1) is 5.41 Å². The maximum Gasteiger partial charge on any atom is 0.118 e. The summed E-state index contributed by atoms with van der Waals surface area (Å²) in [5.74, 6) is 0.335. The fourth-order valence-electron chi connectivity index (χ4n) is 0.994. The van der Waals surface area contributed by atoms with E-state index in [-0.39, 0.29) is 5.84 Å². The van der Waals surface area contributed by atoms with Crippen LogP contribution in [0.2, 0.25) is 0 Å². The first-order chi connectivity index (χ1) is 7.18. The summed E-state index contributed by atoms with van der Waals surface area (Å²) in [6.45, 7) is 0.537. The molecule has 5 N–H and O–H groups in total. The average Bonchev–Trinajstić information content (AvgIpc) is 2.25. The molecular weight excluding hydrogens is 188 g/mol. The summed E-state index contributed by atoms with van der Waals surface area (Å²) in [6.07, 6.45) is 2.93. The smallest absolute Gasteiger partial charge is 0.118 e. The van der Waals surface area contributed by atoms with Crippen molar-refractivity contribution >= 4 is 11.7 Å². The van der Waals surface area contributed by atoms with E-state index in [0.29, 0.717) is 12.4 Å². The Hall–Kier alpha value is -2.10. The molecular formula is C11H14N4. The topological polar surface area (TPSA) is 88.2 Å². The van der Waals surface area contributed by atoms with Gasteiger partial charge in [-0.05, 0) is 17.7 Å². The molecule has 0 saturated carbocycles. The van der Waals surface area contributed by atoms with E-state index in [9.17, 15) is 0 Å². The molecule has 0 bridgehead atoms. The van der Waals surface area contributed by atoms with E-state index in [1.807, 2.05) is 30.3 Å². The number of nitrogens with zero attached hydrogens (tertiary/aromatic N) is 1.